The van der Waals surface area contributed by atoms with Crippen LogP contribution in [-0.4, -0.2) is 62.1 Å². The van der Waals surface area contributed by atoms with Gasteiger partial charge in [-0.3, -0.25) is 14.6 Å². The molecule has 0 unspecified atom stereocenters. The van der Waals surface area contributed by atoms with Gasteiger partial charge in [-0.25, -0.2) is 0 Å². The first-order valence-electron chi connectivity index (χ1n) is 10.7. The summed E-state index contributed by atoms with van der Waals surface area (Å²) in [4.78, 5) is 17.8. The van der Waals surface area contributed by atoms with Crippen molar-refractivity contribution in [2.45, 2.75) is 31.5 Å². The first-order chi connectivity index (χ1) is 14.7. The predicted molar refractivity (Wildman–Crippen MR) is 117 cm³/mol. The molecule has 2 aromatic carbocycles. The Labute approximate surface area is 178 Å². The van der Waals surface area contributed by atoms with Crippen LogP contribution in [0.5, 0.6) is 11.5 Å². The van der Waals surface area contributed by atoms with Crippen molar-refractivity contribution >= 4 is 5.91 Å². The average Bonchev–Trinajstić information content (AvgIpc) is 3.60. The molecule has 1 amide bonds. The van der Waals surface area contributed by atoms with Gasteiger partial charge >= 0.3 is 0 Å². The minimum Gasteiger partial charge on any atom is -0.493 e. The second kappa shape index (κ2) is 9.49. The van der Waals surface area contributed by atoms with Crippen molar-refractivity contribution in [3.8, 4) is 11.5 Å². The number of ether oxygens (including phenoxy) is 2. The van der Waals surface area contributed by atoms with E-state index in [0.29, 0.717) is 6.04 Å². The van der Waals surface area contributed by atoms with Crippen molar-refractivity contribution in [3.05, 3.63) is 59.7 Å². The lowest BCUT2D eigenvalue weighted by atomic mass is 10.0. The highest BCUT2D eigenvalue weighted by molar-refractivity contribution is 5.83. The standard InChI is InChI=1S/C24H31N3O3/c1-29-21-11-8-18(16-22(21)30-2)17-26-12-14-27(15-13-26)23(19-6-4-3-5-7-19)24(28)25-20-9-10-20/h3-8,11,16,20,23H,9-10,12-15,17H2,1-2H3,(H,25,28)/t23-/m0/s1. The zero-order chi connectivity index (χ0) is 20.9. The molecule has 2 aromatic rings. The largest absolute Gasteiger partial charge is 0.493 e. The van der Waals surface area contributed by atoms with Crippen LogP contribution in [-0.2, 0) is 11.3 Å². The predicted octanol–water partition coefficient (Wildman–Crippen LogP) is 2.84. The van der Waals surface area contributed by atoms with Gasteiger partial charge in [-0.15, -0.1) is 0 Å². The number of amides is 1. The summed E-state index contributed by atoms with van der Waals surface area (Å²) in [6, 6.07) is 16.4. The van der Waals surface area contributed by atoms with E-state index in [2.05, 4.69) is 33.3 Å². The van der Waals surface area contributed by atoms with E-state index >= 15 is 0 Å². The summed E-state index contributed by atoms with van der Waals surface area (Å²) in [7, 11) is 3.32. The Morgan fingerprint density at radius 1 is 1.00 bits per heavy atom. The molecule has 2 fully saturated rings. The van der Waals surface area contributed by atoms with Gasteiger partial charge in [0.1, 0.15) is 6.04 Å². The summed E-state index contributed by atoms with van der Waals surface area (Å²) in [6.45, 7) is 4.44. The number of nitrogens with zero attached hydrogens (tertiary/aromatic N) is 2. The van der Waals surface area contributed by atoms with E-state index in [1.165, 1.54) is 5.56 Å². The lowest BCUT2D eigenvalue weighted by Crippen LogP contribution is -2.50. The van der Waals surface area contributed by atoms with Gasteiger partial charge in [0.2, 0.25) is 5.91 Å². The number of hydrogen-bond acceptors (Lipinski definition) is 5. The van der Waals surface area contributed by atoms with E-state index in [-0.39, 0.29) is 11.9 Å². The molecule has 1 heterocycles. The maximum absolute atomic E-state index is 13.0. The zero-order valence-electron chi connectivity index (χ0n) is 17.8. The van der Waals surface area contributed by atoms with Gasteiger partial charge in [0.05, 0.1) is 14.2 Å². The average molecular weight is 410 g/mol. The molecule has 1 N–H and O–H groups in total. The van der Waals surface area contributed by atoms with Crippen LogP contribution >= 0.6 is 0 Å². The van der Waals surface area contributed by atoms with Gasteiger partial charge < -0.3 is 14.8 Å². The van der Waals surface area contributed by atoms with Gasteiger partial charge in [0.15, 0.2) is 11.5 Å². The first-order valence-corrected chi connectivity index (χ1v) is 10.7. The number of carbonyl (C=O) groups is 1. The van der Waals surface area contributed by atoms with Gasteiger partial charge in [-0.05, 0) is 36.1 Å². The van der Waals surface area contributed by atoms with Crippen LogP contribution in [0.15, 0.2) is 48.5 Å². The molecule has 1 saturated heterocycles. The highest BCUT2D eigenvalue weighted by atomic mass is 16.5. The van der Waals surface area contributed by atoms with E-state index in [1.807, 2.05) is 30.3 Å². The Balaban J connectivity index is 1.40. The topological polar surface area (TPSA) is 54.0 Å². The first kappa shape index (κ1) is 20.7. The van der Waals surface area contributed by atoms with Crippen molar-refractivity contribution in [3.63, 3.8) is 0 Å². The number of carbonyl (C=O) groups excluding carboxylic acids is 1. The molecule has 0 radical (unpaired) electrons. The Bertz CT molecular complexity index is 846. The summed E-state index contributed by atoms with van der Waals surface area (Å²) in [5.74, 6) is 1.64. The Kier molecular flexibility index (Phi) is 6.55. The van der Waals surface area contributed by atoms with Crippen molar-refractivity contribution < 1.29 is 14.3 Å². The van der Waals surface area contributed by atoms with Crippen LogP contribution in [0.2, 0.25) is 0 Å². The highest BCUT2D eigenvalue weighted by Gasteiger charge is 2.33. The van der Waals surface area contributed by atoms with Crippen molar-refractivity contribution in [2.75, 3.05) is 40.4 Å². The zero-order valence-corrected chi connectivity index (χ0v) is 17.8. The van der Waals surface area contributed by atoms with E-state index in [9.17, 15) is 4.79 Å². The third kappa shape index (κ3) is 4.94. The Hall–Kier alpha value is -2.57. The molecule has 2 aliphatic rings. The molecule has 0 aromatic heterocycles. The number of rotatable bonds is 8. The molecule has 160 valence electrons. The monoisotopic (exact) mass is 409 g/mol. The van der Waals surface area contributed by atoms with Crippen LogP contribution in [0.4, 0.5) is 0 Å². The number of benzene rings is 2. The summed E-state index contributed by atoms with van der Waals surface area (Å²) in [5.41, 5.74) is 2.27. The van der Waals surface area contributed by atoms with Crippen molar-refractivity contribution in [1.29, 1.82) is 0 Å². The third-order valence-corrected chi connectivity index (χ3v) is 5.91. The van der Waals surface area contributed by atoms with E-state index in [0.717, 1.165) is 62.6 Å². The molecular weight excluding hydrogens is 378 g/mol. The lowest BCUT2D eigenvalue weighted by Gasteiger charge is -2.39. The van der Waals surface area contributed by atoms with Crippen LogP contribution in [0.1, 0.15) is 30.0 Å². The van der Waals surface area contributed by atoms with Gasteiger partial charge in [0, 0.05) is 38.8 Å². The maximum atomic E-state index is 13.0. The number of nitrogens with one attached hydrogen (secondary N) is 1. The van der Waals surface area contributed by atoms with E-state index in [1.54, 1.807) is 14.2 Å². The number of hydrogen-bond donors (Lipinski definition) is 1. The summed E-state index contributed by atoms with van der Waals surface area (Å²) in [5, 5.41) is 3.20. The fraction of sp³-hybridized carbons (Fsp3) is 0.458. The SMILES string of the molecule is COc1ccc(CN2CCN([C@H](C(=O)NC3CC3)c3ccccc3)CC2)cc1OC. The minimum atomic E-state index is -0.213. The van der Waals surface area contributed by atoms with Crippen LogP contribution in [0.3, 0.4) is 0 Å². The minimum absolute atomic E-state index is 0.136. The Morgan fingerprint density at radius 2 is 1.70 bits per heavy atom. The third-order valence-electron chi connectivity index (χ3n) is 5.91. The number of methoxy groups -OCH3 is 2. The second-order valence-electron chi connectivity index (χ2n) is 8.10. The van der Waals surface area contributed by atoms with E-state index < -0.39 is 0 Å². The van der Waals surface area contributed by atoms with Crippen LogP contribution in [0.25, 0.3) is 0 Å². The maximum Gasteiger partial charge on any atom is 0.242 e. The lowest BCUT2D eigenvalue weighted by molar-refractivity contribution is -0.127. The van der Waals surface area contributed by atoms with Crippen LogP contribution < -0.4 is 14.8 Å². The smallest absolute Gasteiger partial charge is 0.242 e. The molecule has 1 aliphatic heterocycles. The summed E-state index contributed by atoms with van der Waals surface area (Å²) >= 11 is 0. The van der Waals surface area contributed by atoms with Gasteiger partial charge in [0.25, 0.3) is 0 Å². The van der Waals surface area contributed by atoms with E-state index in [4.69, 9.17) is 9.47 Å². The molecule has 0 spiro atoms. The second-order valence-corrected chi connectivity index (χ2v) is 8.10. The number of piperazine rings is 1. The quantitative estimate of drug-likeness (QED) is 0.727. The highest BCUT2D eigenvalue weighted by Crippen LogP contribution is 2.29. The molecule has 4 rings (SSSR count). The molecule has 6 heteroatoms. The summed E-state index contributed by atoms with van der Waals surface area (Å²) < 4.78 is 10.8. The fourth-order valence-electron chi connectivity index (χ4n) is 4.09. The molecule has 30 heavy (non-hydrogen) atoms. The summed E-state index contributed by atoms with van der Waals surface area (Å²) in [6.07, 6.45) is 2.21. The van der Waals surface area contributed by atoms with Gasteiger partial charge in [-0.1, -0.05) is 36.4 Å². The van der Waals surface area contributed by atoms with Crippen LogP contribution in [0, 0.1) is 0 Å². The van der Waals surface area contributed by atoms with Crippen molar-refractivity contribution in [2.24, 2.45) is 0 Å². The van der Waals surface area contributed by atoms with Gasteiger partial charge in [-0.2, -0.15) is 0 Å². The molecule has 1 aliphatic carbocycles. The Morgan fingerprint density at radius 3 is 2.33 bits per heavy atom. The molecule has 6 nitrogen and oxygen atoms in total. The fourth-order valence-corrected chi connectivity index (χ4v) is 4.09. The van der Waals surface area contributed by atoms with Crippen molar-refractivity contribution in [1.82, 2.24) is 15.1 Å². The molecule has 0 bridgehead atoms. The normalized spacial score (nSPS) is 18.6. The molecular formula is C24H31N3O3. The molecule has 1 saturated carbocycles. The molecule has 1 atom stereocenters.